The minimum atomic E-state index is -2.48. The monoisotopic (exact) mass is 242 g/mol. The van der Waals surface area contributed by atoms with Crippen LogP contribution in [0.3, 0.4) is 0 Å². The average molecular weight is 243 g/mol. The van der Waals surface area contributed by atoms with E-state index in [0.717, 1.165) is 6.92 Å². The zero-order valence-corrected chi connectivity index (χ0v) is 9.32. The number of hydrogen-bond donors (Lipinski definition) is 0. The summed E-state index contributed by atoms with van der Waals surface area (Å²) in [5.74, 6) is 0. The highest BCUT2D eigenvalue weighted by Crippen LogP contribution is 2.48. The summed E-state index contributed by atoms with van der Waals surface area (Å²) in [6.07, 6.45) is 0. The summed E-state index contributed by atoms with van der Waals surface area (Å²) in [5, 5.41) is 53.1. The van der Waals surface area contributed by atoms with E-state index in [1.165, 1.54) is 36.4 Å². The molecule has 0 spiro atoms. The van der Waals surface area contributed by atoms with Gasteiger partial charge in [0.15, 0.2) is 0 Å². The summed E-state index contributed by atoms with van der Waals surface area (Å²) in [6.45, 7) is 0.972. The third-order valence-electron chi connectivity index (χ3n) is 2.41. The summed E-state index contributed by atoms with van der Waals surface area (Å²) in [5.41, 5.74) is -4.95. The van der Waals surface area contributed by atoms with Crippen LogP contribution in [-0.4, -0.2) is 4.87 Å². The lowest BCUT2D eigenvalue weighted by Crippen LogP contribution is -2.50. The topological polar surface area (TPSA) is 143 Å². The Morgan fingerprint density at radius 2 is 0.824 bits per heavy atom. The second-order valence-corrected chi connectivity index (χ2v) is 3.93. The van der Waals surface area contributed by atoms with E-state index in [1.807, 2.05) is 0 Å². The van der Waals surface area contributed by atoms with Crippen LogP contribution >= 0.6 is 11.6 Å². The highest BCUT2D eigenvalue weighted by molar-refractivity contribution is 6.26. The minimum Gasteiger partial charge on any atom is -0.195 e. The van der Waals surface area contributed by atoms with E-state index in [2.05, 4.69) is 0 Å². The summed E-state index contributed by atoms with van der Waals surface area (Å²) in [7, 11) is 0. The molecular weight excluding hydrogens is 240 g/mol. The molecule has 0 aliphatic carbocycles. The van der Waals surface area contributed by atoms with Crippen LogP contribution in [0.25, 0.3) is 0 Å². The van der Waals surface area contributed by atoms with Crippen LogP contribution in [0.2, 0.25) is 0 Å². The first-order valence-electron chi connectivity index (χ1n) is 4.03. The van der Waals surface area contributed by atoms with Gasteiger partial charge in [0.1, 0.15) is 41.3 Å². The first-order valence-corrected chi connectivity index (χ1v) is 4.41. The van der Waals surface area contributed by atoms with Crippen LogP contribution in [0, 0.1) is 78.8 Å². The predicted octanol–water partition coefficient (Wildman–Crippen LogP) is 1.10. The van der Waals surface area contributed by atoms with Crippen LogP contribution in [0.1, 0.15) is 6.92 Å². The van der Waals surface area contributed by atoms with Gasteiger partial charge in [0.05, 0.1) is 0 Å². The van der Waals surface area contributed by atoms with E-state index in [4.69, 9.17) is 43.2 Å². The van der Waals surface area contributed by atoms with Crippen molar-refractivity contribution in [2.45, 2.75) is 11.8 Å². The number of nitriles is 6. The summed E-state index contributed by atoms with van der Waals surface area (Å²) in [4.78, 5) is -2.27. The van der Waals surface area contributed by atoms with Crippen molar-refractivity contribution in [1.29, 1.82) is 31.6 Å². The Morgan fingerprint density at radius 3 is 0.941 bits per heavy atom. The molecule has 0 fully saturated rings. The van der Waals surface area contributed by atoms with Gasteiger partial charge in [-0.1, -0.05) is 0 Å². The quantitative estimate of drug-likeness (QED) is 0.663. The number of halogens is 1. The van der Waals surface area contributed by atoms with Crippen LogP contribution in [0.4, 0.5) is 0 Å². The second-order valence-electron chi connectivity index (χ2n) is 3.17. The van der Waals surface area contributed by atoms with Crippen molar-refractivity contribution in [3.05, 3.63) is 0 Å². The molecule has 80 valence electrons. The highest BCUT2D eigenvalue weighted by Gasteiger charge is 2.64. The third-order valence-corrected chi connectivity index (χ3v) is 2.98. The molecular formula is C10H3ClN6. The molecule has 0 aromatic rings. The Kier molecular flexibility index (Phi) is 3.68. The molecule has 0 rings (SSSR count). The van der Waals surface area contributed by atoms with E-state index in [-0.39, 0.29) is 0 Å². The van der Waals surface area contributed by atoms with Crippen LogP contribution in [0.5, 0.6) is 0 Å². The largest absolute Gasteiger partial charge is 0.250 e. The zero-order chi connectivity index (χ0) is 13.7. The van der Waals surface area contributed by atoms with Crippen molar-refractivity contribution in [2.24, 2.45) is 10.8 Å². The van der Waals surface area contributed by atoms with Gasteiger partial charge < -0.3 is 0 Å². The molecule has 0 radical (unpaired) electrons. The fraction of sp³-hybridized carbons (Fsp3) is 0.400. The molecule has 0 saturated heterocycles. The lowest BCUT2D eigenvalue weighted by Gasteiger charge is -2.33. The van der Waals surface area contributed by atoms with E-state index in [0.29, 0.717) is 0 Å². The predicted molar refractivity (Wildman–Crippen MR) is 52.8 cm³/mol. The average Bonchev–Trinajstić information content (AvgIpc) is 2.34. The summed E-state index contributed by atoms with van der Waals surface area (Å²) in [6, 6.07) is 8.14. The zero-order valence-electron chi connectivity index (χ0n) is 8.56. The van der Waals surface area contributed by atoms with Gasteiger partial charge in [0, 0.05) is 0 Å². The Bertz CT molecular complexity index is 453. The maximum Gasteiger partial charge on any atom is 0.250 e. The number of nitrogens with zero attached hydrogens (tertiary/aromatic N) is 6. The fourth-order valence-electron chi connectivity index (χ4n) is 1.06. The van der Waals surface area contributed by atoms with Gasteiger partial charge in [0.2, 0.25) is 0 Å². The minimum absolute atomic E-state index is 0.972. The maximum atomic E-state index is 8.85. The number of hydrogen-bond acceptors (Lipinski definition) is 6. The fourth-order valence-corrected chi connectivity index (χ4v) is 1.31. The molecule has 0 aromatic carbocycles. The molecule has 0 aliphatic rings. The molecule has 7 heteroatoms. The van der Waals surface area contributed by atoms with Crippen LogP contribution < -0.4 is 0 Å². The van der Waals surface area contributed by atoms with Crippen molar-refractivity contribution in [3.8, 4) is 36.4 Å². The van der Waals surface area contributed by atoms with Crippen molar-refractivity contribution < 1.29 is 0 Å². The Labute approximate surface area is 103 Å². The van der Waals surface area contributed by atoms with Gasteiger partial charge in [0.25, 0.3) is 10.8 Å². The van der Waals surface area contributed by atoms with Crippen molar-refractivity contribution in [1.82, 2.24) is 0 Å². The lowest BCUT2D eigenvalue weighted by atomic mass is 9.65. The van der Waals surface area contributed by atoms with Gasteiger partial charge in [-0.15, -0.1) is 11.6 Å². The molecule has 0 N–H and O–H groups in total. The molecule has 0 atom stereocenters. The molecule has 0 heterocycles. The van der Waals surface area contributed by atoms with E-state index < -0.39 is 15.7 Å². The molecule has 0 amide bonds. The number of rotatable bonds is 2. The van der Waals surface area contributed by atoms with Gasteiger partial charge in [-0.25, -0.2) is 0 Å². The van der Waals surface area contributed by atoms with Gasteiger partial charge in [-0.3, -0.25) is 0 Å². The normalized spacial score (nSPS) is 10.6. The van der Waals surface area contributed by atoms with E-state index in [1.54, 1.807) is 0 Å². The van der Waals surface area contributed by atoms with Crippen LogP contribution in [0.15, 0.2) is 0 Å². The standard InChI is InChI=1S/C10H3ClN6/c1-8(11,9(2-12,3-13)4-14)10(5-15,6-16)7-17/h1H3. The molecule has 0 aromatic heterocycles. The van der Waals surface area contributed by atoms with Crippen molar-refractivity contribution in [3.63, 3.8) is 0 Å². The highest BCUT2D eigenvalue weighted by atomic mass is 35.5. The van der Waals surface area contributed by atoms with E-state index >= 15 is 0 Å². The Balaban J connectivity index is 6.33. The number of alkyl halides is 1. The smallest absolute Gasteiger partial charge is 0.195 e. The molecule has 17 heavy (non-hydrogen) atoms. The summed E-state index contributed by atoms with van der Waals surface area (Å²) < 4.78 is 0. The van der Waals surface area contributed by atoms with Gasteiger partial charge in [-0.2, -0.15) is 31.6 Å². The third kappa shape index (κ3) is 1.51. The molecule has 0 saturated carbocycles. The van der Waals surface area contributed by atoms with Crippen molar-refractivity contribution >= 4 is 11.6 Å². The van der Waals surface area contributed by atoms with Gasteiger partial charge in [-0.05, 0) is 6.92 Å². The summed E-state index contributed by atoms with van der Waals surface area (Å²) >= 11 is 5.85. The molecule has 0 bridgehead atoms. The maximum absolute atomic E-state index is 8.85. The molecule has 6 nitrogen and oxygen atoms in total. The van der Waals surface area contributed by atoms with Crippen LogP contribution in [-0.2, 0) is 0 Å². The molecule has 0 unspecified atom stereocenters. The van der Waals surface area contributed by atoms with Crippen molar-refractivity contribution in [2.75, 3.05) is 0 Å². The Hall–Kier alpha value is -2.77. The first kappa shape index (κ1) is 14.2. The SMILES string of the molecule is CC(Cl)(C(C#N)(C#N)C#N)C(C#N)(C#N)C#N. The Morgan fingerprint density at radius 1 is 0.647 bits per heavy atom. The lowest BCUT2D eigenvalue weighted by molar-refractivity contribution is 0.361. The van der Waals surface area contributed by atoms with E-state index in [9.17, 15) is 0 Å². The second kappa shape index (κ2) is 4.39. The molecule has 0 aliphatic heterocycles. The first-order chi connectivity index (χ1) is 7.86. The van der Waals surface area contributed by atoms with Gasteiger partial charge >= 0.3 is 0 Å².